The highest BCUT2D eigenvalue weighted by Crippen LogP contribution is 2.34. The molecule has 1 aliphatic rings. The highest BCUT2D eigenvalue weighted by atomic mass is 32.1. The highest BCUT2D eigenvalue weighted by Gasteiger charge is 2.30. The van der Waals surface area contributed by atoms with Crippen LogP contribution in [0.5, 0.6) is 0 Å². The molecule has 1 aromatic rings. The Morgan fingerprint density at radius 2 is 2.20 bits per heavy atom. The van der Waals surface area contributed by atoms with Crippen LogP contribution in [0.4, 0.5) is 0 Å². The van der Waals surface area contributed by atoms with Crippen LogP contribution in [-0.2, 0) is 4.79 Å². The molecule has 1 aliphatic heterocycles. The first kappa shape index (κ1) is 15.0. The molecule has 0 aliphatic carbocycles. The Bertz CT molecular complexity index is 445. The number of carbonyl (C=O) groups is 1. The van der Waals surface area contributed by atoms with E-state index in [1.165, 1.54) is 4.88 Å². The van der Waals surface area contributed by atoms with Crippen molar-refractivity contribution in [3.05, 3.63) is 47.7 Å². The van der Waals surface area contributed by atoms with Crippen LogP contribution in [-0.4, -0.2) is 41.9 Å². The van der Waals surface area contributed by atoms with Gasteiger partial charge in [-0.25, -0.2) is 0 Å². The van der Waals surface area contributed by atoms with E-state index in [-0.39, 0.29) is 11.9 Å². The highest BCUT2D eigenvalue weighted by molar-refractivity contribution is 7.10. The normalized spacial score (nSPS) is 18.4. The molecule has 3 nitrogen and oxygen atoms in total. The third-order valence-corrected chi connectivity index (χ3v) is 4.55. The van der Waals surface area contributed by atoms with E-state index < -0.39 is 0 Å². The van der Waals surface area contributed by atoms with E-state index in [9.17, 15) is 4.79 Å². The van der Waals surface area contributed by atoms with E-state index in [1.807, 2.05) is 17.1 Å². The fourth-order valence-electron chi connectivity index (χ4n) is 2.69. The summed E-state index contributed by atoms with van der Waals surface area (Å²) in [6.45, 7) is 10.2. The van der Waals surface area contributed by atoms with Crippen LogP contribution in [0.1, 0.15) is 23.8 Å². The van der Waals surface area contributed by atoms with E-state index in [2.05, 4.69) is 35.6 Å². The maximum Gasteiger partial charge on any atom is 0.237 e. The van der Waals surface area contributed by atoms with Crippen LogP contribution in [0, 0.1) is 0 Å². The zero-order valence-electron chi connectivity index (χ0n) is 11.8. The van der Waals surface area contributed by atoms with Crippen LogP contribution >= 0.6 is 11.3 Å². The monoisotopic (exact) mass is 290 g/mol. The molecule has 0 radical (unpaired) electrons. The summed E-state index contributed by atoms with van der Waals surface area (Å²) in [4.78, 5) is 17.9. The van der Waals surface area contributed by atoms with Gasteiger partial charge in [-0.1, -0.05) is 18.2 Å². The average Bonchev–Trinajstić information content (AvgIpc) is 3.10. The Balaban J connectivity index is 2.00. The van der Waals surface area contributed by atoms with Crippen molar-refractivity contribution in [2.45, 2.75) is 18.9 Å². The van der Waals surface area contributed by atoms with Crippen molar-refractivity contribution in [2.75, 3.05) is 26.2 Å². The summed E-state index contributed by atoms with van der Waals surface area (Å²) in [5, 5.41) is 2.08. The molecule has 0 bridgehead atoms. The molecule has 1 saturated heterocycles. The molecule has 0 N–H and O–H groups in total. The molecule has 2 rings (SSSR count). The van der Waals surface area contributed by atoms with Gasteiger partial charge in [0.1, 0.15) is 0 Å². The summed E-state index contributed by atoms with van der Waals surface area (Å²) < 4.78 is 0. The average molecular weight is 290 g/mol. The third-order valence-electron chi connectivity index (χ3n) is 3.58. The first-order chi connectivity index (χ1) is 9.76. The van der Waals surface area contributed by atoms with Crippen LogP contribution in [0.3, 0.4) is 0 Å². The van der Waals surface area contributed by atoms with Gasteiger partial charge in [-0.15, -0.1) is 24.5 Å². The second-order valence-corrected chi connectivity index (χ2v) is 6.01. The summed E-state index contributed by atoms with van der Waals surface area (Å²) in [7, 11) is 0. The maximum absolute atomic E-state index is 12.5. The predicted molar refractivity (Wildman–Crippen MR) is 84.8 cm³/mol. The number of rotatable bonds is 7. The molecule has 0 saturated carbocycles. The molecule has 1 atom stereocenters. The first-order valence-corrected chi connectivity index (χ1v) is 7.91. The minimum absolute atomic E-state index is 0.213. The lowest BCUT2D eigenvalue weighted by Gasteiger charge is -2.27. The van der Waals surface area contributed by atoms with Crippen molar-refractivity contribution in [1.82, 2.24) is 9.80 Å². The minimum atomic E-state index is 0.213. The lowest BCUT2D eigenvalue weighted by atomic mass is 10.2. The summed E-state index contributed by atoms with van der Waals surface area (Å²) in [6, 6.07) is 4.46. The van der Waals surface area contributed by atoms with Crippen LogP contribution in [0.15, 0.2) is 42.8 Å². The standard InChI is InChI=1S/C16H22N2OS/c1-3-9-17(10-4-2)13-16(19)18-11-5-7-14(18)15-8-6-12-20-15/h3-4,6,8,12,14H,1-2,5,7,9-11,13H2. The molecule has 0 aromatic carbocycles. The summed E-state index contributed by atoms with van der Waals surface area (Å²) in [6.07, 6.45) is 5.83. The van der Waals surface area contributed by atoms with E-state index in [1.54, 1.807) is 11.3 Å². The Morgan fingerprint density at radius 3 is 2.80 bits per heavy atom. The number of amides is 1. The van der Waals surface area contributed by atoms with Crippen molar-refractivity contribution in [3.63, 3.8) is 0 Å². The van der Waals surface area contributed by atoms with Crippen molar-refractivity contribution >= 4 is 17.2 Å². The van der Waals surface area contributed by atoms with Crippen LogP contribution in [0.2, 0.25) is 0 Å². The van der Waals surface area contributed by atoms with Crippen molar-refractivity contribution < 1.29 is 4.79 Å². The van der Waals surface area contributed by atoms with Gasteiger partial charge in [0.05, 0.1) is 12.6 Å². The first-order valence-electron chi connectivity index (χ1n) is 7.03. The van der Waals surface area contributed by atoms with Gasteiger partial charge in [0.25, 0.3) is 0 Å². The largest absolute Gasteiger partial charge is 0.334 e. The zero-order valence-corrected chi connectivity index (χ0v) is 12.6. The molecule has 20 heavy (non-hydrogen) atoms. The van der Waals surface area contributed by atoms with Gasteiger partial charge in [-0.2, -0.15) is 0 Å². The number of carbonyl (C=O) groups excluding carboxylic acids is 1. The van der Waals surface area contributed by atoms with E-state index in [0.717, 1.165) is 32.5 Å². The molecule has 1 aromatic heterocycles. The fraction of sp³-hybridized carbons (Fsp3) is 0.438. The summed E-state index contributed by atoms with van der Waals surface area (Å²) >= 11 is 1.74. The number of hydrogen-bond donors (Lipinski definition) is 0. The van der Waals surface area contributed by atoms with Crippen LogP contribution < -0.4 is 0 Å². The Hall–Kier alpha value is -1.39. The Kier molecular flexibility index (Phi) is 5.56. The molecule has 1 unspecified atom stereocenters. The molecular weight excluding hydrogens is 268 g/mol. The molecule has 2 heterocycles. The summed E-state index contributed by atoms with van der Waals surface area (Å²) in [5.74, 6) is 0.213. The van der Waals surface area contributed by atoms with Gasteiger partial charge < -0.3 is 4.90 Å². The molecule has 1 fully saturated rings. The van der Waals surface area contributed by atoms with Gasteiger partial charge in [0, 0.05) is 24.5 Å². The quantitative estimate of drug-likeness (QED) is 0.721. The smallest absolute Gasteiger partial charge is 0.237 e. The molecule has 108 valence electrons. The zero-order chi connectivity index (χ0) is 14.4. The van der Waals surface area contributed by atoms with Gasteiger partial charge in [0.15, 0.2) is 0 Å². The van der Waals surface area contributed by atoms with Gasteiger partial charge in [-0.3, -0.25) is 9.69 Å². The maximum atomic E-state index is 12.5. The van der Waals surface area contributed by atoms with Crippen LogP contribution in [0.25, 0.3) is 0 Å². The predicted octanol–water partition coefficient (Wildman–Crippen LogP) is 3.09. The van der Waals surface area contributed by atoms with Gasteiger partial charge in [0.2, 0.25) is 5.91 Å². The fourth-order valence-corrected chi connectivity index (χ4v) is 3.57. The molecule has 1 amide bonds. The minimum Gasteiger partial charge on any atom is -0.334 e. The van der Waals surface area contributed by atoms with Gasteiger partial charge >= 0.3 is 0 Å². The van der Waals surface area contributed by atoms with Crippen molar-refractivity contribution in [2.24, 2.45) is 0 Å². The second kappa shape index (κ2) is 7.41. The number of thiophene rings is 1. The summed E-state index contributed by atoms with van der Waals surface area (Å²) in [5.41, 5.74) is 0. The van der Waals surface area contributed by atoms with Gasteiger partial charge in [-0.05, 0) is 24.3 Å². The van der Waals surface area contributed by atoms with Crippen molar-refractivity contribution in [1.29, 1.82) is 0 Å². The topological polar surface area (TPSA) is 23.6 Å². The second-order valence-electron chi connectivity index (χ2n) is 5.03. The number of hydrogen-bond acceptors (Lipinski definition) is 3. The lowest BCUT2D eigenvalue weighted by Crippen LogP contribution is -2.40. The molecule has 4 heteroatoms. The Labute approximate surface area is 125 Å². The lowest BCUT2D eigenvalue weighted by molar-refractivity contribution is -0.133. The third kappa shape index (κ3) is 3.58. The van der Waals surface area contributed by atoms with E-state index >= 15 is 0 Å². The van der Waals surface area contributed by atoms with E-state index in [0.29, 0.717) is 6.54 Å². The van der Waals surface area contributed by atoms with Crippen molar-refractivity contribution in [3.8, 4) is 0 Å². The van der Waals surface area contributed by atoms with E-state index in [4.69, 9.17) is 0 Å². The number of nitrogens with zero attached hydrogens (tertiary/aromatic N) is 2. The SMILES string of the molecule is C=CCN(CC=C)CC(=O)N1CCCC1c1cccs1. The number of likely N-dealkylation sites (tertiary alicyclic amines) is 1. The molecular formula is C16H22N2OS. The molecule has 0 spiro atoms. The Morgan fingerprint density at radius 1 is 1.45 bits per heavy atom.